The van der Waals surface area contributed by atoms with Crippen molar-refractivity contribution >= 4 is 16.6 Å². The summed E-state index contributed by atoms with van der Waals surface area (Å²) in [6.07, 6.45) is 4.47. The van der Waals surface area contributed by atoms with Crippen molar-refractivity contribution in [2.75, 3.05) is 5.75 Å². The van der Waals surface area contributed by atoms with E-state index in [0.717, 1.165) is 31.2 Å². The number of hydrogen-bond donors (Lipinski definition) is 0. The zero-order valence-electron chi connectivity index (χ0n) is 10.2. The van der Waals surface area contributed by atoms with Crippen LogP contribution in [0.15, 0.2) is 24.3 Å². The quantitative estimate of drug-likeness (QED) is 0.822. The van der Waals surface area contributed by atoms with Gasteiger partial charge in [0.2, 0.25) is 0 Å². The monoisotopic (exact) mass is 268 g/mol. The van der Waals surface area contributed by atoms with Crippen molar-refractivity contribution in [2.24, 2.45) is 0 Å². The van der Waals surface area contributed by atoms with Gasteiger partial charge < -0.3 is 0 Å². The van der Waals surface area contributed by atoms with Crippen molar-refractivity contribution < 1.29 is 13.4 Å². The molecule has 0 aliphatic heterocycles. The maximum atomic E-state index is 12.7. The average molecular weight is 268 g/mol. The van der Waals surface area contributed by atoms with Crippen LogP contribution in [0.3, 0.4) is 0 Å². The maximum Gasteiger partial charge on any atom is 0.149 e. The van der Waals surface area contributed by atoms with E-state index in [2.05, 4.69) is 0 Å². The molecule has 0 aromatic heterocycles. The molecule has 0 saturated heterocycles. The second-order valence-electron chi connectivity index (χ2n) is 4.77. The standard InChI is InChI=1S/C14H17FO2S/c15-12-7-5-11(6-8-12)9-13(16)10-18(17)14-3-1-2-4-14/h5-8,14H,1-4,9-10H2. The van der Waals surface area contributed by atoms with Gasteiger partial charge in [0.05, 0.1) is 5.75 Å². The lowest BCUT2D eigenvalue weighted by Crippen LogP contribution is -2.20. The Morgan fingerprint density at radius 3 is 2.44 bits per heavy atom. The van der Waals surface area contributed by atoms with Crippen molar-refractivity contribution in [3.63, 3.8) is 0 Å². The Hall–Kier alpha value is -1.03. The highest BCUT2D eigenvalue weighted by Gasteiger charge is 2.22. The lowest BCUT2D eigenvalue weighted by atomic mass is 10.1. The molecule has 1 aliphatic rings. The van der Waals surface area contributed by atoms with Gasteiger partial charge in [0.25, 0.3) is 0 Å². The minimum absolute atomic E-state index is 0.0214. The molecule has 1 aromatic rings. The molecule has 18 heavy (non-hydrogen) atoms. The van der Waals surface area contributed by atoms with Gasteiger partial charge in [-0.25, -0.2) is 4.39 Å². The largest absolute Gasteiger partial charge is 0.298 e. The second kappa shape index (κ2) is 6.23. The minimum atomic E-state index is -1.03. The number of ketones is 1. The predicted octanol–water partition coefficient (Wildman–Crippen LogP) is 2.63. The molecule has 1 atom stereocenters. The summed E-state index contributed by atoms with van der Waals surface area (Å²) in [5, 5.41) is 0.210. The van der Waals surface area contributed by atoms with Gasteiger partial charge in [0.1, 0.15) is 11.6 Å². The van der Waals surface area contributed by atoms with E-state index in [1.165, 1.54) is 12.1 Å². The van der Waals surface area contributed by atoms with Crippen LogP contribution in [0.4, 0.5) is 4.39 Å². The summed E-state index contributed by atoms with van der Waals surface area (Å²) in [4.78, 5) is 11.8. The minimum Gasteiger partial charge on any atom is -0.298 e. The zero-order chi connectivity index (χ0) is 13.0. The van der Waals surface area contributed by atoms with E-state index in [4.69, 9.17) is 0 Å². The molecule has 98 valence electrons. The SMILES string of the molecule is O=C(Cc1ccc(F)cc1)CS(=O)C1CCCC1. The highest BCUT2D eigenvalue weighted by molar-refractivity contribution is 7.86. The van der Waals surface area contributed by atoms with Crippen LogP contribution >= 0.6 is 0 Å². The van der Waals surface area contributed by atoms with Gasteiger partial charge in [-0.05, 0) is 30.5 Å². The molecule has 2 nitrogen and oxygen atoms in total. The van der Waals surface area contributed by atoms with Crippen molar-refractivity contribution in [2.45, 2.75) is 37.4 Å². The van der Waals surface area contributed by atoms with E-state index < -0.39 is 10.8 Å². The van der Waals surface area contributed by atoms with Gasteiger partial charge in [-0.15, -0.1) is 0 Å². The van der Waals surface area contributed by atoms with Crippen molar-refractivity contribution in [1.29, 1.82) is 0 Å². The molecule has 0 spiro atoms. The molecule has 2 rings (SSSR count). The number of Topliss-reactive ketones (excluding diaryl/α,β-unsaturated/α-hetero) is 1. The Kier molecular flexibility index (Phi) is 4.64. The normalized spacial score (nSPS) is 17.8. The maximum absolute atomic E-state index is 12.7. The fraction of sp³-hybridized carbons (Fsp3) is 0.500. The molecule has 0 bridgehead atoms. The van der Waals surface area contributed by atoms with Crippen LogP contribution in [-0.2, 0) is 22.0 Å². The summed E-state index contributed by atoms with van der Waals surface area (Å²) >= 11 is 0. The molecule has 0 heterocycles. The van der Waals surface area contributed by atoms with Gasteiger partial charge in [0.15, 0.2) is 0 Å². The highest BCUT2D eigenvalue weighted by atomic mass is 32.2. The topological polar surface area (TPSA) is 34.1 Å². The van der Waals surface area contributed by atoms with Crippen LogP contribution in [0.5, 0.6) is 0 Å². The molecule has 1 aliphatic carbocycles. The lowest BCUT2D eigenvalue weighted by molar-refractivity contribution is -0.116. The Labute approximate surface area is 109 Å². The van der Waals surface area contributed by atoms with Gasteiger partial charge in [-0.3, -0.25) is 9.00 Å². The van der Waals surface area contributed by atoms with Crippen molar-refractivity contribution in [3.05, 3.63) is 35.6 Å². The first-order valence-electron chi connectivity index (χ1n) is 6.28. The van der Waals surface area contributed by atoms with E-state index in [-0.39, 0.29) is 29.0 Å². The molecule has 4 heteroatoms. The van der Waals surface area contributed by atoms with Crippen LogP contribution in [-0.4, -0.2) is 21.0 Å². The molecular formula is C14H17FO2S. The number of benzene rings is 1. The molecule has 1 aromatic carbocycles. The first kappa shape index (κ1) is 13.4. The van der Waals surface area contributed by atoms with Gasteiger partial charge in [0, 0.05) is 22.5 Å². The average Bonchev–Trinajstić information content (AvgIpc) is 2.85. The first-order valence-corrected chi connectivity index (χ1v) is 7.66. The van der Waals surface area contributed by atoms with Gasteiger partial charge in [-0.1, -0.05) is 25.0 Å². The number of rotatable bonds is 5. The van der Waals surface area contributed by atoms with E-state index >= 15 is 0 Å². The third-order valence-corrected chi connectivity index (χ3v) is 5.11. The zero-order valence-corrected chi connectivity index (χ0v) is 11.0. The van der Waals surface area contributed by atoms with E-state index in [0.29, 0.717) is 0 Å². The summed E-state index contributed by atoms with van der Waals surface area (Å²) in [7, 11) is -1.03. The summed E-state index contributed by atoms with van der Waals surface area (Å²) in [6, 6.07) is 5.89. The fourth-order valence-electron chi connectivity index (χ4n) is 2.31. The van der Waals surface area contributed by atoms with Crippen LogP contribution in [0, 0.1) is 5.82 Å². The number of carbonyl (C=O) groups is 1. The first-order chi connectivity index (χ1) is 8.65. The Morgan fingerprint density at radius 1 is 1.22 bits per heavy atom. The van der Waals surface area contributed by atoms with Crippen LogP contribution < -0.4 is 0 Å². The van der Waals surface area contributed by atoms with Gasteiger partial charge >= 0.3 is 0 Å². The van der Waals surface area contributed by atoms with Crippen LogP contribution in [0.2, 0.25) is 0 Å². The van der Waals surface area contributed by atoms with E-state index in [1.54, 1.807) is 12.1 Å². The van der Waals surface area contributed by atoms with Crippen LogP contribution in [0.1, 0.15) is 31.2 Å². The summed E-state index contributed by atoms with van der Waals surface area (Å²) in [5.74, 6) is -0.185. The molecule has 0 N–H and O–H groups in total. The molecule has 1 unspecified atom stereocenters. The Bertz CT molecular complexity index is 436. The number of hydrogen-bond acceptors (Lipinski definition) is 2. The van der Waals surface area contributed by atoms with Crippen molar-refractivity contribution in [1.82, 2.24) is 0 Å². The highest BCUT2D eigenvalue weighted by Crippen LogP contribution is 2.23. The fourth-order valence-corrected chi connectivity index (χ4v) is 3.82. The molecule has 1 saturated carbocycles. The third kappa shape index (κ3) is 3.73. The van der Waals surface area contributed by atoms with Gasteiger partial charge in [-0.2, -0.15) is 0 Å². The van der Waals surface area contributed by atoms with Crippen molar-refractivity contribution in [3.8, 4) is 0 Å². The number of halogens is 1. The molecule has 0 amide bonds. The third-order valence-electron chi connectivity index (χ3n) is 3.29. The van der Waals surface area contributed by atoms with E-state index in [9.17, 15) is 13.4 Å². The summed E-state index contributed by atoms with van der Waals surface area (Å²) in [5.41, 5.74) is 0.782. The number of carbonyl (C=O) groups excluding carboxylic acids is 1. The smallest absolute Gasteiger partial charge is 0.149 e. The predicted molar refractivity (Wildman–Crippen MR) is 70.4 cm³/mol. The summed E-state index contributed by atoms with van der Waals surface area (Å²) in [6.45, 7) is 0. The molecule has 0 radical (unpaired) electrons. The summed E-state index contributed by atoms with van der Waals surface area (Å²) < 4.78 is 24.6. The Balaban J connectivity index is 1.84. The Morgan fingerprint density at radius 2 is 1.83 bits per heavy atom. The lowest BCUT2D eigenvalue weighted by Gasteiger charge is -2.08. The molecule has 1 fully saturated rings. The molecular weight excluding hydrogens is 251 g/mol. The van der Waals surface area contributed by atoms with Crippen LogP contribution in [0.25, 0.3) is 0 Å². The van der Waals surface area contributed by atoms with E-state index in [1.807, 2.05) is 0 Å². The second-order valence-corrected chi connectivity index (χ2v) is 6.49.